The number of benzene rings is 1. The number of hydrogen-bond donors (Lipinski definition) is 1. The van der Waals surface area contributed by atoms with Crippen molar-refractivity contribution in [3.05, 3.63) is 42.4 Å². The lowest BCUT2D eigenvalue weighted by atomic mass is 10.1. The van der Waals surface area contributed by atoms with Crippen LogP contribution in [0.3, 0.4) is 0 Å². The van der Waals surface area contributed by atoms with Crippen molar-refractivity contribution in [1.82, 2.24) is 4.98 Å². The van der Waals surface area contributed by atoms with Crippen molar-refractivity contribution < 1.29 is 0 Å². The highest BCUT2D eigenvalue weighted by atomic mass is 127. The maximum absolute atomic E-state index is 5.77. The molecule has 17 heavy (non-hydrogen) atoms. The maximum atomic E-state index is 5.77. The van der Waals surface area contributed by atoms with Crippen LogP contribution in [-0.2, 0) is 12.8 Å². The predicted octanol–water partition coefficient (Wildman–Crippen LogP) is 4.25. The summed E-state index contributed by atoms with van der Waals surface area (Å²) in [7, 11) is 0. The van der Waals surface area contributed by atoms with E-state index in [-0.39, 0.29) is 0 Å². The third-order valence-electron chi connectivity index (χ3n) is 2.50. The molecule has 0 saturated heterocycles. The number of thiazole rings is 1. The molecule has 1 heterocycles. The van der Waals surface area contributed by atoms with Gasteiger partial charge in [0.15, 0.2) is 5.13 Å². The molecule has 0 aliphatic rings. The van der Waals surface area contributed by atoms with Crippen molar-refractivity contribution in [1.29, 1.82) is 0 Å². The molecule has 0 saturated carbocycles. The van der Waals surface area contributed by atoms with E-state index in [1.165, 1.54) is 14.0 Å². The molecule has 0 bridgehead atoms. The quantitative estimate of drug-likeness (QED) is 0.751. The number of nitrogens with two attached hydrogens (primary N) is 1. The number of rotatable bonds is 3. The lowest BCUT2D eigenvalue weighted by molar-refractivity contribution is 1.02. The molecule has 2 nitrogen and oxygen atoms in total. The van der Waals surface area contributed by atoms with Crippen molar-refractivity contribution in [3.63, 3.8) is 0 Å². The summed E-state index contributed by atoms with van der Waals surface area (Å²) in [5.74, 6) is 0. The smallest absolute Gasteiger partial charge is 0.180 e. The SMILES string of the molecule is CCc1nc(N)sc1Cc1ccc(I)cc1Br. The zero-order valence-corrected chi connectivity index (χ0v) is 13.9. The van der Waals surface area contributed by atoms with E-state index < -0.39 is 0 Å². The molecule has 1 aromatic carbocycles. The minimum absolute atomic E-state index is 0.665. The lowest BCUT2D eigenvalue weighted by Crippen LogP contribution is -1.92. The first-order chi connectivity index (χ1) is 8.10. The fraction of sp³-hybridized carbons (Fsp3) is 0.250. The molecule has 0 aliphatic carbocycles. The van der Waals surface area contributed by atoms with Gasteiger partial charge in [-0.2, -0.15) is 0 Å². The van der Waals surface area contributed by atoms with E-state index in [1.807, 2.05) is 0 Å². The van der Waals surface area contributed by atoms with Gasteiger partial charge in [0.25, 0.3) is 0 Å². The summed E-state index contributed by atoms with van der Waals surface area (Å²) < 4.78 is 2.39. The second-order valence-corrected chi connectivity index (χ2v) is 6.90. The highest BCUT2D eigenvalue weighted by Crippen LogP contribution is 2.28. The summed E-state index contributed by atoms with van der Waals surface area (Å²) in [6.45, 7) is 2.11. The molecule has 0 aliphatic heterocycles. The molecule has 2 N–H and O–H groups in total. The second-order valence-electron chi connectivity index (χ2n) is 3.69. The molecule has 0 amide bonds. The summed E-state index contributed by atoms with van der Waals surface area (Å²) in [4.78, 5) is 5.62. The van der Waals surface area contributed by atoms with Gasteiger partial charge >= 0.3 is 0 Å². The Morgan fingerprint density at radius 3 is 2.88 bits per heavy atom. The number of anilines is 1. The molecule has 0 spiro atoms. The summed E-state index contributed by atoms with van der Waals surface area (Å²) in [5, 5.41) is 0.665. The maximum Gasteiger partial charge on any atom is 0.180 e. The Balaban J connectivity index is 2.30. The Hall–Kier alpha value is -0.140. The van der Waals surface area contributed by atoms with E-state index in [0.29, 0.717) is 5.13 Å². The van der Waals surface area contributed by atoms with Gasteiger partial charge in [-0.15, -0.1) is 11.3 Å². The van der Waals surface area contributed by atoms with Crippen molar-refractivity contribution in [2.75, 3.05) is 5.73 Å². The lowest BCUT2D eigenvalue weighted by Gasteiger charge is -2.04. The van der Waals surface area contributed by atoms with Gasteiger partial charge in [-0.05, 0) is 46.7 Å². The van der Waals surface area contributed by atoms with E-state index in [1.54, 1.807) is 11.3 Å². The number of nitrogen functional groups attached to an aromatic ring is 1. The van der Waals surface area contributed by atoms with Crippen LogP contribution >= 0.6 is 49.9 Å². The molecule has 2 rings (SSSR count). The highest BCUT2D eigenvalue weighted by molar-refractivity contribution is 14.1. The zero-order chi connectivity index (χ0) is 12.4. The number of hydrogen-bond acceptors (Lipinski definition) is 3. The van der Waals surface area contributed by atoms with Gasteiger partial charge in [-0.3, -0.25) is 0 Å². The molecule has 0 unspecified atom stereocenters. The van der Waals surface area contributed by atoms with E-state index in [4.69, 9.17) is 5.73 Å². The number of nitrogens with zero attached hydrogens (tertiary/aromatic N) is 1. The number of aromatic nitrogens is 1. The molecular weight excluding hydrogens is 411 g/mol. The van der Waals surface area contributed by atoms with Gasteiger partial charge in [0.1, 0.15) is 0 Å². The molecular formula is C12H12BrIN2S. The van der Waals surface area contributed by atoms with Gasteiger partial charge in [0.05, 0.1) is 5.69 Å². The summed E-state index contributed by atoms with van der Waals surface area (Å²) in [5.41, 5.74) is 8.17. The molecule has 2 aromatic rings. The van der Waals surface area contributed by atoms with E-state index in [9.17, 15) is 0 Å². The van der Waals surface area contributed by atoms with Crippen LogP contribution < -0.4 is 5.73 Å². The fourth-order valence-electron chi connectivity index (χ4n) is 1.66. The Morgan fingerprint density at radius 2 is 2.24 bits per heavy atom. The zero-order valence-electron chi connectivity index (χ0n) is 9.34. The van der Waals surface area contributed by atoms with Gasteiger partial charge in [0, 0.05) is 19.3 Å². The van der Waals surface area contributed by atoms with Crippen LogP contribution in [-0.4, -0.2) is 4.98 Å². The summed E-state index contributed by atoms with van der Waals surface area (Å²) in [6, 6.07) is 6.41. The van der Waals surface area contributed by atoms with E-state index >= 15 is 0 Å². The highest BCUT2D eigenvalue weighted by Gasteiger charge is 2.10. The molecule has 90 valence electrons. The standard InChI is InChI=1S/C12H12BrIN2S/c1-2-10-11(17-12(15)16-10)5-7-3-4-8(14)6-9(7)13/h3-4,6H,2,5H2,1H3,(H2,15,16). The molecule has 5 heteroatoms. The van der Waals surface area contributed by atoms with Crippen molar-refractivity contribution in [2.45, 2.75) is 19.8 Å². The first-order valence-electron chi connectivity index (χ1n) is 5.28. The minimum Gasteiger partial charge on any atom is -0.375 e. The van der Waals surface area contributed by atoms with Crippen molar-refractivity contribution in [3.8, 4) is 0 Å². The van der Waals surface area contributed by atoms with Gasteiger partial charge in [-0.25, -0.2) is 4.98 Å². The first-order valence-corrected chi connectivity index (χ1v) is 7.97. The normalized spacial score (nSPS) is 10.8. The van der Waals surface area contributed by atoms with Gasteiger partial charge in [-0.1, -0.05) is 28.9 Å². The van der Waals surface area contributed by atoms with Gasteiger partial charge in [0.2, 0.25) is 0 Å². The molecule has 0 fully saturated rings. The molecule has 0 radical (unpaired) electrons. The second kappa shape index (κ2) is 5.67. The van der Waals surface area contributed by atoms with Crippen LogP contribution in [0.1, 0.15) is 23.1 Å². The Kier molecular flexibility index (Phi) is 4.43. The van der Waals surface area contributed by atoms with E-state index in [0.717, 1.165) is 23.0 Å². The van der Waals surface area contributed by atoms with Crippen LogP contribution in [0.15, 0.2) is 22.7 Å². The average Bonchev–Trinajstić information content (AvgIpc) is 2.63. The van der Waals surface area contributed by atoms with Crippen LogP contribution in [0.4, 0.5) is 5.13 Å². The number of halogens is 2. The molecule has 0 atom stereocenters. The van der Waals surface area contributed by atoms with Crippen molar-refractivity contribution >= 4 is 55.0 Å². The first kappa shape index (κ1) is 13.3. The Bertz CT molecular complexity index is 539. The topological polar surface area (TPSA) is 38.9 Å². The van der Waals surface area contributed by atoms with Crippen LogP contribution in [0.5, 0.6) is 0 Å². The van der Waals surface area contributed by atoms with E-state index in [2.05, 4.69) is 68.6 Å². The number of aryl methyl sites for hydroxylation is 1. The summed E-state index contributed by atoms with van der Waals surface area (Å²) in [6.07, 6.45) is 1.83. The van der Waals surface area contributed by atoms with Gasteiger partial charge < -0.3 is 5.73 Å². The minimum atomic E-state index is 0.665. The van der Waals surface area contributed by atoms with Crippen molar-refractivity contribution in [2.24, 2.45) is 0 Å². The average molecular weight is 423 g/mol. The predicted molar refractivity (Wildman–Crippen MR) is 85.6 cm³/mol. The largest absolute Gasteiger partial charge is 0.375 e. The third kappa shape index (κ3) is 3.20. The summed E-state index contributed by atoms with van der Waals surface area (Å²) >= 11 is 7.51. The third-order valence-corrected chi connectivity index (χ3v) is 4.83. The fourth-order valence-corrected chi connectivity index (χ4v) is 4.04. The van der Waals surface area contributed by atoms with Crippen LogP contribution in [0.2, 0.25) is 0 Å². The van der Waals surface area contributed by atoms with Crippen LogP contribution in [0.25, 0.3) is 0 Å². The Labute approximate surface area is 127 Å². The molecule has 1 aromatic heterocycles. The Morgan fingerprint density at radius 1 is 1.47 bits per heavy atom. The monoisotopic (exact) mass is 422 g/mol. The van der Waals surface area contributed by atoms with Crippen LogP contribution in [0, 0.1) is 3.57 Å².